The number of carboxylic acid groups (broad SMARTS) is 1. The van der Waals surface area contributed by atoms with Crippen LogP contribution in [0.3, 0.4) is 0 Å². The quantitative estimate of drug-likeness (QED) is 0.794. The van der Waals surface area contributed by atoms with Gasteiger partial charge in [-0.2, -0.15) is 0 Å². The molecule has 2 rings (SSSR count). The number of carboxylic acids is 1. The van der Waals surface area contributed by atoms with E-state index in [4.69, 9.17) is 5.11 Å². The van der Waals surface area contributed by atoms with E-state index in [0.717, 1.165) is 5.69 Å². The predicted molar refractivity (Wildman–Crippen MR) is 61.2 cm³/mol. The Morgan fingerprint density at radius 3 is 2.94 bits per heavy atom. The van der Waals surface area contributed by atoms with Crippen LogP contribution in [-0.4, -0.2) is 35.2 Å². The maximum absolute atomic E-state index is 11.3. The van der Waals surface area contributed by atoms with Crippen LogP contribution in [0.1, 0.15) is 24.5 Å². The average molecular weight is 256 g/mol. The number of rotatable bonds is 6. The van der Waals surface area contributed by atoms with Crippen molar-refractivity contribution in [2.24, 2.45) is 0 Å². The number of aliphatic carboxylic acids is 1. The molecule has 1 aromatic rings. The molecule has 1 heterocycles. The smallest absolute Gasteiger partial charge is 0.329 e. The molecule has 0 spiro atoms. The van der Waals surface area contributed by atoms with E-state index < -0.39 is 12.6 Å². The van der Waals surface area contributed by atoms with Gasteiger partial charge in [0, 0.05) is 11.3 Å². The number of nitrogens with zero attached hydrogens (tertiary/aromatic N) is 1. The second-order valence-corrected chi connectivity index (χ2v) is 4.64. The largest absolute Gasteiger partial charge is 0.480 e. The molecule has 0 aliphatic heterocycles. The fourth-order valence-electron chi connectivity index (χ4n) is 1.30. The Morgan fingerprint density at radius 2 is 2.29 bits per heavy atom. The van der Waals surface area contributed by atoms with Gasteiger partial charge < -0.3 is 9.84 Å². The number of amides is 1. The van der Waals surface area contributed by atoms with Gasteiger partial charge in [0.2, 0.25) is 0 Å². The van der Waals surface area contributed by atoms with Gasteiger partial charge in [-0.3, -0.25) is 10.1 Å². The van der Waals surface area contributed by atoms with Gasteiger partial charge >= 0.3 is 5.97 Å². The minimum absolute atomic E-state index is 0.273. The fraction of sp³-hybridized carbons (Fsp3) is 0.500. The molecular formula is C10H12N2O4S. The maximum atomic E-state index is 11.3. The molecule has 0 bridgehead atoms. The Balaban J connectivity index is 1.74. The molecule has 1 fully saturated rings. The topological polar surface area (TPSA) is 88.5 Å². The molecule has 7 heteroatoms. The first kappa shape index (κ1) is 12.0. The number of thiazole rings is 1. The number of ether oxygens (including phenoxy) is 1. The summed E-state index contributed by atoms with van der Waals surface area (Å²) in [6, 6.07) is 0. The fourth-order valence-corrected chi connectivity index (χ4v) is 2.10. The zero-order valence-electron chi connectivity index (χ0n) is 9.01. The summed E-state index contributed by atoms with van der Waals surface area (Å²) in [6.45, 7) is -0.747. The van der Waals surface area contributed by atoms with E-state index in [1.807, 2.05) is 5.38 Å². The Morgan fingerprint density at radius 1 is 1.53 bits per heavy atom. The Hall–Kier alpha value is -1.47. The molecule has 17 heavy (non-hydrogen) atoms. The van der Waals surface area contributed by atoms with Gasteiger partial charge in [0.25, 0.3) is 5.91 Å². The van der Waals surface area contributed by atoms with Gasteiger partial charge in [-0.05, 0) is 12.8 Å². The van der Waals surface area contributed by atoms with Crippen molar-refractivity contribution >= 4 is 28.3 Å². The van der Waals surface area contributed by atoms with Crippen molar-refractivity contribution < 1.29 is 19.4 Å². The Bertz CT molecular complexity index is 428. The summed E-state index contributed by atoms with van der Waals surface area (Å²) < 4.78 is 4.66. The SMILES string of the molecule is O=C(O)COCC(=O)Nc1nc(C2CC2)cs1. The minimum Gasteiger partial charge on any atom is -0.480 e. The zero-order chi connectivity index (χ0) is 12.3. The van der Waals surface area contributed by atoms with Crippen LogP contribution in [0.5, 0.6) is 0 Å². The molecular weight excluding hydrogens is 244 g/mol. The molecule has 0 unspecified atom stereocenters. The Kier molecular flexibility index (Phi) is 3.70. The van der Waals surface area contributed by atoms with Crippen LogP contribution in [-0.2, 0) is 14.3 Å². The highest BCUT2D eigenvalue weighted by Crippen LogP contribution is 2.40. The van der Waals surface area contributed by atoms with Gasteiger partial charge in [-0.25, -0.2) is 9.78 Å². The number of aromatic nitrogens is 1. The van der Waals surface area contributed by atoms with Crippen molar-refractivity contribution in [3.8, 4) is 0 Å². The molecule has 92 valence electrons. The van der Waals surface area contributed by atoms with E-state index in [9.17, 15) is 9.59 Å². The standard InChI is InChI=1S/C10H12N2O4S/c13-8(3-16-4-9(14)15)12-10-11-7(5-17-10)6-1-2-6/h5-6H,1-4H2,(H,14,15)(H,11,12,13). The second-order valence-electron chi connectivity index (χ2n) is 3.79. The third-order valence-electron chi connectivity index (χ3n) is 2.22. The van der Waals surface area contributed by atoms with Crippen molar-refractivity contribution in [3.05, 3.63) is 11.1 Å². The highest BCUT2D eigenvalue weighted by Gasteiger charge is 2.26. The van der Waals surface area contributed by atoms with Crippen LogP contribution >= 0.6 is 11.3 Å². The number of carbonyl (C=O) groups excluding carboxylic acids is 1. The molecule has 2 N–H and O–H groups in total. The van der Waals surface area contributed by atoms with Crippen LogP contribution in [0.2, 0.25) is 0 Å². The molecule has 0 atom stereocenters. The van der Waals surface area contributed by atoms with Crippen LogP contribution in [0, 0.1) is 0 Å². The predicted octanol–water partition coefficient (Wildman–Crippen LogP) is 1.06. The second kappa shape index (κ2) is 5.24. The van der Waals surface area contributed by atoms with Gasteiger partial charge in [0.1, 0.15) is 13.2 Å². The first-order chi connectivity index (χ1) is 8.15. The highest BCUT2D eigenvalue weighted by atomic mass is 32.1. The zero-order valence-corrected chi connectivity index (χ0v) is 9.83. The van der Waals surface area contributed by atoms with Gasteiger partial charge in [-0.15, -0.1) is 11.3 Å². The monoisotopic (exact) mass is 256 g/mol. The first-order valence-electron chi connectivity index (χ1n) is 5.20. The summed E-state index contributed by atoms with van der Waals surface area (Å²) in [5.74, 6) is -0.925. The summed E-state index contributed by atoms with van der Waals surface area (Å²) in [7, 11) is 0. The van der Waals surface area contributed by atoms with Crippen molar-refractivity contribution in [1.29, 1.82) is 0 Å². The lowest BCUT2D eigenvalue weighted by molar-refractivity contribution is -0.143. The van der Waals surface area contributed by atoms with E-state index in [2.05, 4.69) is 15.0 Å². The summed E-state index contributed by atoms with van der Waals surface area (Å²) >= 11 is 1.37. The lowest BCUT2D eigenvalue weighted by Gasteiger charge is -2.01. The van der Waals surface area contributed by atoms with Crippen molar-refractivity contribution in [3.63, 3.8) is 0 Å². The van der Waals surface area contributed by atoms with Gasteiger partial charge in [0.05, 0.1) is 5.69 Å². The van der Waals surface area contributed by atoms with E-state index in [0.29, 0.717) is 11.0 Å². The lowest BCUT2D eigenvalue weighted by atomic mass is 10.3. The summed E-state index contributed by atoms with van der Waals surface area (Å²) in [5.41, 5.74) is 1.02. The summed E-state index contributed by atoms with van der Waals surface area (Å²) in [6.07, 6.45) is 2.33. The molecule has 0 saturated heterocycles. The van der Waals surface area contributed by atoms with Crippen LogP contribution in [0.4, 0.5) is 5.13 Å². The van der Waals surface area contributed by atoms with Crippen LogP contribution < -0.4 is 5.32 Å². The van der Waals surface area contributed by atoms with Crippen molar-refractivity contribution in [2.45, 2.75) is 18.8 Å². The third kappa shape index (κ3) is 3.79. The van der Waals surface area contributed by atoms with Crippen LogP contribution in [0.25, 0.3) is 0 Å². The Labute approximate surface area is 102 Å². The molecule has 0 radical (unpaired) electrons. The van der Waals surface area contributed by atoms with Crippen LogP contribution in [0.15, 0.2) is 5.38 Å². The normalized spacial score (nSPS) is 14.6. The number of hydrogen-bond acceptors (Lipinski definition) is 5. The molecule has 1 amide bonds. The van der Waals surface area contributed by atoms with Gasteiger partial charge in [-0.1, -0.05) is 0 Å². The van der Waals surface area contributed by atoms with Crippen molar-refractivity contribution in [2.75, 3.05) is 18.5 Å². The molecule has 1 aliphatic carbocycles. The van der Waals surface area contributed by atoms with Gasteiger partial charge in [0.15, 0.2) is 5.13 Å². The van der Waals surface area contributed by atoms with E-state index >= 15 is 0 Å². The maximum Gasteiger partial charge on any atom is 0.329 e. The summed E-state index contributed by atoms with van der Waals surface area (Å²) in [5, 5.41) is 13.4. The molecule has 0 aromatic carbocycles. The third-order valence-corrected chi connectivity index (χ3v) is 3.00. The van der Waals surface area contributed by atoms with Crippen molar-refractivity contribution in [1.82, 2.24) is 4.98 Å². The highest BCUT2D eigenvalue weighted by molar-refractivity contribution is 7.13. The first-order valence-corrected chi connectivity index (χ1v) is 6.08. The average Bonchev–Trinajstić information content (AvgIpc) is 3.00. The number of hydrogen-bond donors (Lipinski definition) is 2. The minimum atomic E-state index is -1.09. The number of anilines is 1. The number of carbonyl (C=O) groups is 2. The number of nitrogens with one attached hydrogen (secondary N) is 1. The molecule has 1 aliphatic rings. The lowest BCUT2D eigenvalue weighted by Crippen LogP contribution is -2.20. The molecule has 6 nitrogen and oxygen atoms in total. The molecule has 1 aromatic heterocycles. The summed E-state index contributed by atoms with van der Waals surface area (Å²) in [4.78, 5) is 25.8. The van der Waals surface area contributed by atoms with E-state index in [1.54, 1.807) is 0 Å². The molecule has 1 saturated carbocycles. The van der Waals surface area contributed by atoms with E-state index in [1.165, 1.54) is 24.2 Å². The van der Waals surface area contributed by atoms with E-state index in [-0.39, 0.29) is 12.5 Å².